The van der Waals surface area contributed by atoms with Gasteiger partial charge in [0.25, 0.3) is 0 Å². The Labute approximate surface area is 75.6 Å². The van der Waals surface area contributed by atoms with E-state index in [1.54, 1.807) is 0 Å². The lowest BCUT2D eigenvalue weighted by Crippen LogP contribution is -2.40. The highest BCUT2D eigenvalue weighted by atomic mass is 16.3. The standard InChI is InChI=1S/C10H21NO/c1-3-8-11(4-2)9-6-5-7-10(9)12/h9-10,12H,3-8H2,1-2H3/t9-,10-/m0/s1. The zero-order valence-corrected chi connectivity index (χ0v) is 8.29. The lowest BCUT2D eigenvalue weighted by atomic mass is 10.1. The molecule has 0 heterocycles. The normalized spacial score (nSPS) is 30.0. The van der Waals surface area contributed by atoms with E-state index in [1.165, 1.54) is 19.3 Å². The van der Waals surface area contributed by atoms with Crippen molar-refractivity contribution in [3.63, 3.8) is 0 Å². The van der Waals surface area contributed by atoms with E-state index < -0.39 is 0 Å². The number of nitrogens with zero attached hydrogens (tertiary/aromatic N) is 1. The first-order valence-electron chi connectivity index (χ1n) is 5.21. The molecule has 1 aliphatic rings. The zero-order valence-electron chi connectivity index (χ0n) is 8.29. The molecule has 0 spiro atoms. The monoisotopic (exact) mass is 171 g/mol. The molecule has 0 radical (unpaired) electrons. The van der Waals surface area contributed by atoms with E-state index in [0.717, 1.165) is 19.5 Å². The number of aliphatic hydroxyl groups excluding tert-OH is 1. The molecule has 0 saturated heterocycles. The summed E-state index contributed by atoms with van der Waals surface area (Å²) in [7, 11) is 0. The molecule has 1 aliphatic carbocycles. The van der Waals surface area contributed by atoms with E-state index in [1.807, 2.05) is 0 Å². The van der Waals surface area contributed by atoms with Crippen LogP contribution in [0.5, 0.6) is 0 Å². The van der Waals surface area contributed by atoms with Crippen molar-refractivity contribution in [2.45, 2.75) is 51.7 Å². The van der Waals surface area contributed by atoms with Crippen molar-refractivity contribution in [3.05, 3.63) is 0 Å². The molecule has 0 aromatic rings. The Morgan fingerprint density at radius 3 is 2.50 bits per heavy atom. The summed E-state index contributed by atoms with van der Waals surface area (Å²) in [5.74, 6) is 0. The molecule has 0 unspecified atom stereocenters. The molecule has 1 rings (SSSR count). The summed E-state index contributed by atoms with van der Waals surface area (Å²) in [6, 6.07) is 0.454. The summed E-state index contributed by atoms with van der Waals surface area (Å²) >= 11 is 0. The molecule has 0 aromatic carbocycles. The first-order chi connectivity index (χ1) is 5.79. The average molecular weight is 171 g/mol. The van der Waals surface area contributed by atoms with Crippen molar-refractivity contribution >= 4 is 0 Å². The molecule has 0 aromatic heterocycles. The maximum absolute atomic E-state index is 9.68. The fourth-order valence-corrected chi connectivity index (χ4v) is 2.19. The summed E-state index contributed by atoms with van der Waals surface area (Å²) < 4.78 is 0. The molecule has 72 valence electrons. The first-order valence-corrected chi connectivity index (χ1v) is 5.21. The van der Waals surface area contributed by atoms with E-state index in [0.29, 0.717) is 6.04 Å². The van der Waals surface area contributed by atoms with Crippen LogP contribution >= 0.6 is 0 Å². The average Bonchev–Trinajstić information content (AvgIpc) is 2.47. The van der Waals surface area contributed by atoms with Gasteiger partial charge >= 0.3 is 0 Å². The Bertz CT molecular complexity index is 127. The van der Waals surface area contributed by atoms with Gasteiger partial charge in [0.2, 0.25) is 0 Å². The molecule has 1 N–H and O–H groups in total. The first kappa shape index (κ1) is 10.0. The van der Waals surface area contributed by atoms with E-state index in [9.17, 15) is 5.11 Å². The van der Waals surface area contributed by atoms with Crippen LogP contribution in [0.4, 0.5) is 0 Å². The van der Waals surface area contributed by atoms with Crippen molar-refractivity contribution in [2.75, 3.05) is 13.1 Å². The quantitative estimate of drug-likeness (QED) is 0.695. The van der Waals surface area contributed by atoms with Gasteiger partial charge in [-0.2, -0.15) is 0 Å². The second-order valence-corrected chi connectivity index (χ2v) is 3.69. The summed E-state index contributed by atoms with van der Waals surface area (Å²) in [6.45, 7) is 6.60. The minimum atomic E-state index is -0.0588. The molecule has 2 heteroatoms. The predicted molar refractivity (Wildman–Crippen MR) is 51.2 cm³/mol. The highest BCUT2D eigenvalue weighted by Gasteiger charge is 2.28. The van der Waals surface area contributed by atoms with Crippen molar-refractivity contribution in [3.8, 4) is 0 Å². The smallest absolute Gasteiger partial charge is 0.0695 e. The molecule has 2 nitrogen and oxygen atoms in total. The SMILES string of the molecule is CCCN(CC)[C@H]1CCC[C@@H]1O. The molecule has 2 atom stereocenters. The maximum Gasteiger partial charge on any atom is 0.0695 e. The Morgan fingerprint density at radius 1 is 1.33 bits per heavy atom. The molecule has 0 amide bonds. The van der Waals surface area contributed by atoms with Crippen LogP contribution in [0.15, 0.2) is 0 Å². The molecule has 0 aliphatic heterocycles. The van der Waals surface area contributed by atoms with Gasteiger partial charge in [0.1, 0.15) is 0 Å². The van der Waals surface area contributed by atoms with Crippen LogP contribution in [-0.4, -0.2) is 35.2 Å². The summed E-state index contributed by atoms with van der Waals surface area (Å²) in [5.41, 5.74) is 0. The summed E-state index contributed by atoms with van der Waals surface area (Å²) in [4.78, 5) is 2.41. The maximum atomic E-state index is 9.68. The van der Waals surface area contributed by atoms with E-state index in [2.05, 4.69) is 18.7 Å². The number of likely N-dealkylation sites (N-methyl/N-ethyl adjacent to an activating group) is 1. The zero-order chi connectivity index (χ0) is 8.97. The number of hydrogen-bond donors (Lipinski definition) is 1. The van der Waals surface area contributed by atoms with Crippen molar-refractivity contribution in [1.82, 2.24) is 4.90 Å². The second-order valence-electron chi connectivity index (χ2n) is 3.69. The van der Waals surface area contributed by atoms with Gasteiger partial charge < -0.3 is 5.11 Å². The van der Waals surface area contributed by atoms with Crippen LogP contribution < -0.4 is 0 Å². The highest BCUT2D eigenvalue weighted by molar-refractivity contribution is 4.84. The minimum Gasteiger partial charge on any atom is -0.391 e. The molecule has 12 heavy (non-hydrogen) atoms. The summed E-state index contributed by atoms with van der Waals surface area (Å²) in [5, 5.41) is 9.68. The van der Waals surface area contributed by atoms with Crippen LogP contribution in [0.3, 0.4) is 0 Å². The predicted octanol–water partition coefficient (Wildman–Crippen LogP) is 1.63. The van der Waals surface area contributed by atoms with Crippen molar-refractivity contribution in [1.29, 1.82) is 0 Å². The number of rotatable bonds is 4. The van der Waals surface area contributed by atoms with Gasteiger partial charge in [0, 0.05) is 6.04 Å². The Balaban J connectivity index is 2.41. The minimum absolute atomic E-state index is 0.0588. The summed E-state index contributed by atoms with van der Waals surface area (Å²) in [6.07, 6.45) is 4.53. The fraction of sp³-hybridized carbons (Fsp3) is 1.00. The highest BCUT2D eigenvalue weighted by Crippen LogP contribution is 2.23. The van der Waals surface area contributed by atoms with Gasteiger partial charge in [-0.15, -0.1) is 0 Å². The number of hydrogen-bond acceptors (Lipinski definition) is 2. The Morgan fingerprint density at radius 2 is 2.08 bits per heavy atom. The van der Waals surface area contributed by atoms with Crippen LogP contribution in [-0.2, 0) is 0 Å². The van der Waals surface area contributed by atoms with Crippen molar-refractivity contribution < 1.29 is 5.11 Å². The van der Waals surface area contributed by atoms with Gasteiger partial charge in [0.15, 0.2) is 0 Å². The number of aliphatic hydroxyl groups is 1. The van der Waals surface area contributed by atoms with E-state index in [4.69, 9.17) is 0 Å². The molecular weight excluding hydrogens is 150 g/mol. The van der Waals surface area contributed by atoms with Crippen molar-refractivity contribution in [2.24, 2.45) is 0 Å². The third kappa shape index (κ3) is 2.20. The van der Waals surface area contributed by atoms with Crippen LogP contribution in [0, 0.1) is 0 Å². The lowest BCUT2D eigenvalue weighted by Gasteiger charge is -2.29. The topological polar surface area (TPSA) is 23.5 Å². The van der Waals surface area contributed by atoms with Gasteiger partial charge in [0.05, 0.1) is 6.10 Å². The molecular formula is C10H21NO. The Kier molecular flexibility index (Phi) is 4.02. The van der Waals surface area contributed by atoms with Crippen LogP contribution in [0.2, 0.25) is 0 Å². The molecule has 1 saturated carbocycles. The fourth-order valence-electron chi connectivity index (χ4n) is 2.19. The van der Waals surface area contributed by atoms with Gasteiger partial charge in [-0.3, -0.25) is 4.90 Å². The van der Waals surface area contributed by atoms with E-state index >= 15 is 0 Å². The Hall–Kier alpha value is -0.0800. The van der Waals surface area contributed by atoms with Gasteiger partial charge in [-0.25, -0.2) is 0 Å². The van der Waals surface area contributed by atoms with Gasteiger partial charge in [-0.05, 0) is 38.8 Å². The third-order valence-electron chi connectivity index (χ3n) is 2.83. The molecule has 0 bridgehead atoms. The third-order valence-corrected chi connectivity index (χ3v) is 2.83. The molecule has 1 fully saturated rings. The lowest BCUT2D eigenvalue weighted by molar-refractivity contribution is 0.0739. The van der Waals surface area contributed by atoms with Gasteiger partial charge in [-0.1, -0.05) is 13.8 Å². The second kappa shape index (κ2) is 4.83. The van der Waals surface area contributed by atoms with Crippen LogP contribution in [0.1, 0.15) is 39.5 Å². The van der Waals surface area contributed by atoms with E-state index in [-0.39, 0.29) is 6.10 Å². The van der Waals surface area contributed by atoms with Crippen LogP contribution in [0.25, 0.3) is 0 Å². The largest absolute Gasteiger partial charge is 0.391 e.